The normalized spacial score (nSPS) is 14.4. The second kappa shape index (κ2) is 9.12. The number of hydrogen-bond donors (Lipinski definition) is 2. The number of aromatic nitrogens is 1. The molecule has 0 bridgehead atoms. The van der Waals surface area contributed by atoms with E-state index < -0.39 is 11.8 Å². The minimum absolute atomic E-state index is 0.00224. The van der Waals surface area contributed by atoms with E-state index in [9.17, 15) is 14.4 Å². The molecule has 2 heterocycles. The van der Waals surface area contributed by atoms with Gasteiger partial charge in [0.15, 0.2) is 0 Å². The summed E-state index contributed by atoms with van der Waals surface area (Å²) in [5, 5.41) is 5.30. The standard InChI is InChI=1S/C21H24N4O3/c1-15-3-2-4-18(13-15)24-20(27)19(26)23-14-16-7-11-25(12-8-16)21(28)17-5-9-22-10-6-17/h2-6,9-10,13,16H,7-8,11-12,14H2,1H3,(H,23,26)(H,24,27). The first-order valence-electron chi connectivity index (χ1n) is 9.38. The molecule has 1 aliphatic rings. The van der Waals surface area contributed by atoms with Gasteiger partial charge in [-0.15, -0.1) is 0 Å². The highest BCUT2D eigenvalue weighted by Gasteiger charge is 2.24. The van der Waals surface area contributed by atoms with Crippen molar-refractivity contribution in [3.8, 4) is 0 Å². The smallest absolute Gasteiger partial charge is 0.313 e. The number of rotatable bonds is 4. The van der Waals surface area contributed by atoms with Crippen LogP contribution >= 0.6 is 0 Å². The Kier molecular flexibility index (Phi) is 6.37. The predicted octanol–water partition coefficient (Wildman–Crippen LogP) is 2.00. The zero-order valence-electron chi connectivity index (χ0n) is 15.9. The van der Waals surface area contributed by atoms with Crippen LogP contribution in [-0.2, 0) is 9.59 Å². The zero-order chi connectivity index (χ0) is 19.9. The summed E-state index contributed by atoms with van der Waals surface area (Å²) in [4.78, 5) is 42.2. The van der Waals surface area contributed by atoms with E-state index in [2.05, 4.69) is 15.6 Å². The number of likely N-dealkylation sites (tertiary alicyclic amines) is 1. The van der Waals surface area contributed by atoms with Gasteiger partial charge < -0.3 is 15.5 Å². The van der Waals surface area contributed by atoms with Crippen molar-refractivity contribution in [2.75, 3.05) is 25.0 Å². The number of hydrogen-bond acceptors (Lipinski definition) is 4. The first-order chi connectivity index (χ1) is 13.5. The molecular formula is C21H24N4O3. The van der Waals surface area contributed by atoms with Crippen LogP contribution in [-0.4, -0.2) is 47.2 Å². The highest BCUT2D eigenvalue weighted by molar-refractivity contribution is 6.39. The zero-order valence-corrected chi connectivity index (χ0v) is 15.9. The van der Waals surface area contributed by atoms with Gasteiger partial charge in [0, 0.05) is 43.3 Å². The van der Waals surface area contributed by atoms with E-state index in [0.717, 1.165) is 18.4 Å². The Labute approximate surface area is 164 Å². The molecule has 7 nitrogen and oxygen atoms in total. The summed E-state index contributed by atoms with van der Waals surface area (Å²) in [5.41, 5.74) is 2.24. The summed E-state index contributed by atoms with van der Waals surface area (Å²) < 4.78 is 0. The van der Waals surface area contributed by atoms with Crippen LogP contribution in [0.15, 0.2) is 48.8 Å². The summed E-state index contributed by atoms with van der Waals surface area (Å²) in [6.07, 6.45) is 4.79. The summed E-state index contributed by atoms with van der Waals surface area (Å²) in [5.74, 6) is -1.06. The maximum absolute atomic E-state index is 12.4. The van der Waals surface area contributed by atoms with E-state index in [4.69, 9.17) is 0 Å². The first-order valence-corrected chi connectivity index (χ1v) is 9.38. The third kappa shape index (κ3) is 5.16. The minimum atomic E-state index is -0.670. The molecule has 1 fully saturated rings. The fourth-order valence-corrected chi connectivity index (χ4v) is 3.25. The van der Waals surface area contributed by atoms with Gasteiger partial charge in [-0.05, 0) is 55.5 Å². The molecule has 1 aromatic heterocycles. The molecule has 7 heteroatoms. The maximum Gasteiger partial charge on any atom is 0.313 e. The highest BCUT2D eigenvalue weighted by atomic mass is 16.2. The lowest BCUT2D eigenvalue weighted by molar-refractivity contribution is -0.136. The Morgan fingerprint density at radius 1 is 1.07 bits per heavy atom. The molecule has 0 aliphatic carbocycles. The number of benzene rings is 1. The summed E-state index contributed by atoms with van der Waals surface area (Å²) >= 11 is 0. The van der Waals surface area contributed by atoms with Crippen molar-refractivity contribution in [1.82, 2.24) is 15.2 Å². The van der Waals surface area contributed by atoms with E-state index >= 15 is 0 Å². The van der Waals surface area contributed by atoms with Gasteiger partial charge in [0.1, 0.15) is 0 Å². The van der Waals surface area contributed by atoms with Gasteiger partial charge >= 0.3 is 11.8 Å². The molecule has 1 saturated heterocycles. The number of piperidine rings is 1. The van der Waals surface area contributed by atoms with Crippen molar-refractivity contribution in [2.45, 2.75) is 19.8 Å². The number of carbonyl (C=O) groups excluding carboxylic acids is 3. The van der Waals surface area contributed by atoms with E-state index in [-0.39, 0.29) is 11.8 Å². The Morgan fingerprint density at radius 3 is 2.46 bits per heavy atom. The molecular weight excluding hydrogens is 356 g/mol. The van der Waals surface area contributed by atoms with Crippen LogP contribution in [0.3, 0.4) is 0 Å². The number of carbonyl (C=O) groups is 3. The molecule has 0 saturated carbocycles. The Bertz CT molecular complexity index is 846. The van der Waals surface area contributed by atoms with Crippen LogP contribution in [0.4, 0.5) is 5.69 Å². The number of anilines is 1. The molecule has 3 amide bonds. The van der Waals surface area contributed by atoms with Crippen LogP contribution < -0.4 is 10.6 Å². The lowest BCUT2D eigenvalue weighted by Gasteiger charge is -2.32. The number of amides is 3. The third-order valence-electron chi connectivity index (χ3n) is 4.86. The van der Waals surface area contributed by atoms with Crippen LogP contribution in [0, 0.1) is 12.8 Å². The molecule has 28 heavy (non-hydrogen) atoms. The molecule has 1 aromatic carbocycles. The van der Waals surface area contributed by atoms with Crippen LogP contribution in [0.25, 0.3) is 0 Å². The average Bonchev–Trinajstić information content (AvgIpc) is 2.72. The molecule has 2 aromatic rings. The van der Waals surface area contributed by atoms with E-state index in [0.29, 0.717) is 30.9 Å². The number of nitrogens with one attached hydrogen (secondary N) is 2. The van der Waals surface area contributed by atoms with Gasteiger partial charge in [-0.1, -0.05) is 12.1 Å². The molecule has 0 spiro atoms. The first kappa shape index (κ1) is 19.5. The summed E-state index contributed by atoms with van der Waals surface area (Å²) in [6.45, 7) is 3.62. The molecule has 0 unspecified atom stereocenters. The van der Waals surface area contributed by atoms with Gasteiger partial charge in [-0.2, -0.15) is 0 Å². The van der Waals surface area contributed by atoms with E-state index in [1.165, 1.54) is 0 Å². The van der Waals surface area contributed by atoms with Crippen molar-refractivity contribution in [3.05, 3.63) is 59.9 Å². The minimum Gasteiger partial charge on any atom is -0.348 e. The topological polar surface area (TPSA) is 91.4 Å². The van der Waals surface area contributed by atoms with Gasteiger partial charge in [-0.25, -0.2) is 0 Å². The van der Waals surface area contributed by atoms with Crippen molar-refractivity contribution in [2.24, 2.45) is 5.92 Å². The van der Waals surface area contributed by atoms with Gasteiger partial charge in [0.05, 0.1) is 0 Å². The maximum atomic E-state index is 12.4. The fraction of sp³-hybridized carbons (Fsp3) is 0.333. The van der Waals surface area contributed by atoms with Crippen molar-refractivity contribution in [1.29, 1.82) is 0 Å². The van der Waals surface area contributed by atoms with Gasteiger partial charge in [0.25, 0.3) is 5.91 Å². The second-order valence-corrected chi connectivity index (χ2v) is 7.01. The van der Waals surface area contributed by atoms with E-state index in [1.54, 1.807) is 36.7 Å². The largest absolute Gasteiger partial charge is 0.348 e. The Morgan fingerprint density at radius 2 is 1.79 bits per heavy atom. The number of aryl methyl sites for hydroxylation is 1. The van der Waals surface area contributed by atoms with Crippen molar-refractivity contribution >= 4 is 23.4 Å². The molecule has 3 rings (SSSR count). The molecule has 2 N–H and O–H groups in total. The van der Waals surface area contributed by atoms with Crippen LogP contribution in [0.2, 0.25) is 0 Å². The number of nitrogens with zero attached hydrogens (tertiary/aromatic N) is 2. The lowest BCUT2D eigenvalue weighted by atomic mass is 9.96. The SMILES string of the molecule is Cc1cccc(NC(=O)C(=O)NCC2CCN(C(=O)c3ccncc3)CC2)c1. The second-order valence-electron chi connectivity index (χ2n) is 7.01. The highest BCUT2D eigenvalue weighted by Crippen LogP contribution is 2.18. The van der Waals surface area contributed by atoms with Gasteiger partial charge in [-0.3, -0.25) is 19.4 Å². The molecule has 1 aliphatic heterocycles. The Balaban J connectivity index is 1.42. The molecule has 146 valence electrons. The van der Waals surface area contributed by atoms with Crippen LogP contribution in [0.1, 0.15) is 28.8 Å². The summed E-state index contributed by atoms with van der Waals surface area (Å²) in [6, 6.07) is 10.7. The fourth-order valence-electron chi connectivity index (χ4n) is 3.25. The molecule has 0 radical (unpaired) electrons. The average molecular weight is 380 g/mol. The third-order valence-corrected chi connectivity index (χ3v) is 4.86. The summed E-state index contributed by atoms with van der Waals surface area (Å²) in [7, 11) is 0. The van der Waals surface area contributed by atoms with Crippen molar-refractivity contribution < 1.29 is 14.4 Å². The monoisotopic (exact) mass is 380 g/mol. The Hall–Kier alpha value is -3.22. The van der Waals surface area contributed by atoms with E-state index in [1.807, 2.05) is 24.0 Å². The lowest BCUT2D eigenvalue weighted by Crippen LogP contribution is -2.43. The van der Waals surface area contributed by atoms with Gasteiger partial charge in [0.2, 0.25) is 0 Å². The number of pyridine rings is 1. The molecule has 0 atom stereocenters. The predicted molar refractivity (Wildman–Crippen MR) is 106 cm³/mol. The van der Waals surface area contributed by atoms with Crippen molar-refractivity contribution in [3.63, 3.8) is 0 Å². The van der Waals surface area contributed by atoms with Crippen LogP contribution in [0.5, 0.6) is 0 Å². The quantitative estimate of drug-likeness (QED) is 0.794.